The van der Waals surface area contributed by atoms with Crippen LogP contribution in [0, 0.1) is 0 Å². The van der Waals surface area contributed by atoms with Gasteiger partial charge in [0.2, 0.25) is 0 Å². The van der Waals surface area contributed by atoms with Crippen LogP contribution in [-0.2, 0) is 9.53 Å². The minimum absolute atomic E-state index is 0.0436. The van der Waals surface area contributed by atoms with Crippen molar-refractivity contribution in [2.45, 2.75) is 12.5 Å². The number of aliphatic hydroxyl groups is 2. The molecule has 0 saturated carbocycles. The van der Waals surface area contributed by atoms with Gasteiger partial charge in [0.1, 0.15) is 0 Å². The third-order valence-electron chi connectivity index (χ3n) is 1.24. The monoisotopic (exact) mass is 194 g/mol. The summed E-state index contributed by atoms with van der Waals surface area (Å²) in [6, 6.07) is 0. The Kier molecular flexibility index (Phi) is 5.28. The third kappa shape index (κ3) is 3.94. The Hall–Kier alpha value is -0.260. The number of aliphatic hydroxyl groups excluding tert-OH is 1. The summed E-state index contributed by atoms with van der Waals surface area (Å²) in [4.78, 5) is 10.9. The molecule has 0 aromatic heterocycles. The van der Waals surface area contributed by atoms with E-state index in [4.69, 9.17) is 5.11 Å². The lowest BCUT2D eigenvalue weighted by Gasteiger charge is -2.18. The standard InChI is InChI=1S/C7H14O4S/c1-7(10,6(9)11-2)5-12-4-3-8/h8,10H,3-5H2,1-2H3. The molecule has 0 heterocycles. The van der Waals surface area contributed by atoms with E-state index in [1.165, 1.54) is 25.8 Å². The molecule has 1 unspecified atom stereocenters. The van der Waals surface area contributed by atoms with Crippen molar-refractivity contribution in [1.82, 2.24) is 0 Å². The lowest BCUT2D eigenvalue weighted by Crippen LogP contribution is -2.38. The van der Waals surface area contributed by atoms with E-state index in [2.05, 4.69) is 4.74 Å². The van der Waals surface area contributed by atoms with Gasteiger partial charge in [-0.1, -0.05) is 0 Å². The van der Waals surface area contributed by atoms with Gasteiger partial charge in [0.25, 0.3) is 0 Å². The van der Waals surface area contributed by atoms with Crippen LogP contribution in [0.15, 0.2) is 0 Å². The average Bonchev–Trinajstić information content (AvgIpc) is 2.03. The zero-order valence-electron chi connectivity index (χ0n) is 7.24. The minimum atomic E-state index is -1.45. The van der Waals surface area contributed by atoms with Crippen LogP contribution in [0.1, 0.15) is 6.92 Å². The van der Waals surface area contributed by atoms with Crippen molar-refractivity contribution in [2.24, 2.45) is 0 Å². The molecule has 0 fully saturated rings. The molecule has 5 heteroatoms. The number of carbonyl (C=O) groups excluding carboxylic acids is 1. The van der Waals surface area contributed by atoms with Gasteiger partial charge in [0.15, 0.2) is 5.60 Å². The summed E-state index contributed by atoms with van der Waals surface area (Å²) in [5.41, 5.74) is -1.45. The van der Waals surface area contributed by atoms with Gasteiger partial charge in [0.05, 0.1) is 13.7 Å². The highest BCUT2D eigenvalue weighted by molar-refractivity contribution is 7.99. The molecule has 0 radical (unpaired) electrons. The third-order valence-corrected chi connectivity index (χ3v) is 2.48. The van der Waals surface area contributed by atoms with E-state index in [-0.39, 0.29) is 12.4 Å². The molecule has 0 aliphatic carbocycles. The van der Waals surface area contributed by atoms with Crippen LogP contribution in [0.25, 0.3) is 0 Å². The normalized spacial score (nSPS) is 15.3. The fraction of sp³-hybridized carbons (Fsp3) is 0.857. The zero-order chi connectivity index (χ0) is 9.61. The Labute approximate surface area is 75.9 Å². The van der Waals surface area contributed by atoms with E-state index in [1.807, 2.05) is 0 Å². The number of methoxy groups -OCH3 is 1. The Morgan fingerprint density at radius 2 is 2.25 bits per heavy atom. The maximum Gasteiger partial charge on any atom is 0.338 e. The topological polar surface area (TPSA) is 66.8 Å². The average molecular weight is 194 g/mol. The molecule has 0 aromatic carbocycles. The summed E-state index contributed by atoms with van der Waals surface area (Å²) in [5, 5.41) is 17.9. The van der Waals surface area contributed by atoms with E-state index >= 15 is 0 Å². The van der Waals surface area contributed by atoms with Crippen LogP contribution in [0.4, 0.5) is 0 Å². The summed E-state index contributed by atoms with van der Waals surface area (Å²) < 4.78 is 4.38. The Bertz CT molecular complexity index is 146. The summed E-state index contributed by atoms with van der Waals surface area (Å²) in [6.07, 6.45) is 0. The second-order valence-corrected chi connectivity index (χ2v) is 3.65. The first kappa shape index (κ1) is 11.7. The molecule has 0 aromatic rings. The molecule has 1 atom stereocenters. The predicted molar refractivity (Wildman–Crippen MR) is 47.1 cm³/mol. The van der Waals surface area contributed by atoms with Crippen LogP contribution >= 0.6 is 11.8 Å². The SMILES string of the molecule is COC(=O)C(C)(O)CSCCO. The number of esters is 1. The van der Waals surface area contributed by atoms with Gasteiger partial charge in [-0.05, 0) is 6.92 Å². The molecule has 12 heavy (non-hydrogen) atoms. The van der Waals surface area contributed by atoms with Gasteiger partial charge >= 0.3 is 5.97 Å². The van der Waals surface area contributed by atoms with Gasteiger partial charge in [-0.25, -0.2) is 4.79 Å². The molecule has 4 nitrogen and oxygen atoms in total. The number of hydrogen-bond donors (Lipinski definition) is 2. The molecule has 0 aliphatic rings. The highest BCUT2D eigenvalue weighted by Crippen LogP contribution is 2.13. The second-order valence-electron chi connectivity index (χ2n) is 2.54. The number of rotatable bonds is 5. The van der Waals surface area contributed by atoms with E-state index in [0.717, 1.165) is 0 Å². The van der Waals surface area contributed by atoms with Crippen LogP contribution in [-0.4, -0.2) is 47.0 Å². The number of ether oxygens (including phenoxy) is 1. The van der Waals surface area contributed by atoms with Crippen LogP contribution < -0.4 is 0 Å². The van der Waals surface area contributed by atoms with Crippen LogP contribution in [0.2, 0.25) is 0 Å². The predicted octanol–water partition coefficient (Wildman–Crippen LogP) is -0.364. The molecule has 2 N–H and O–H groups in total. The van der Waals surface area contributed by atoms with E-state index < -0.39 is 11.6 Å². The molecule has 0 rings (SSSR count). The molecule has 0 saturated heterocycles. The van der Waals surface area contributed by atoms with Gasteiger partial charge in [-0.2, -0.15) is 11.8 Å². The lowest BCUT2D eigenvalue weighted by molar-refractivity contribution is -0.158. The summed E-state index contributed by atoms with van der Waals surface area (Å²) >= 11 is 1.30. The highest BCUT2D eigenvalue weighted by Gasteiger charge is 2.30. The molecule has 0 aliphatic heterocycles. The van der Waals surface area contributed by atoms with Crippen LogP contribution in [0.5, 0.6) is 0 Å². The van der Waals surface area contributed by atoms with E-state index in [0.29, 0.717) is 5.75 Å². The smallest absolute Gasteiger partial charge is 0.338 e. The van der Waals surface area contributed by atoms with Crippen molar-refractivity contribution in [3.63, 3.8) is 0 Å². The Morgan fingerprint density at radius 1 is 1.67 bits per heavy atom. The maximum absolute atomic E-state index is 10.9. The first-order valence-electron chi connectivity index (χ1n) is 3.54. The van der Waals surface area contributed by atoms with Crippen molar-refractivity contribution in [3.8, 4) is 0 Å². The molecular weight excluding hydrogens is 180 g/mol. The number of hydrogen-bond acceptors (Lipinski definition) is 5. The molecule has 0 bridgehead atoms. The minimum Gasteiger partial charge on any atom is -0.467 e. The first-order valence-corrected chi connectivity index (χ1v) is 4.69. The van der Waals surface area contributed by atoms with Crippen molar-refractivity contribution in [2.75, 3.05) is 25.2 Å². The summed E-state index contributed by atoms with van der Waals surface area (Å²) in [5.74, 6) is 0.0980. The molecular formula is C7H14O4S. The van der Waals surface area contributed by atoms with Gasteiger partial charge in [-0.3, -0.25) is 0 Å². The second kappa shape index (κ2) is 5.40. The van der Waals surface area contributed by atoms with E-state index in [9.17, 15) is 9.90 Å². The van der Waals surface area contributed by atoms with Crippen molar-refractivity contribution in [1.29, 1.82) is 0 Å². The Morgan fingerprint density at radius 3 is 2.67 bits per heavy atom. The fourth-order valence-electron chi connectivity index (χ4n) is 0.614. The first-order chi connectivity index (χ1) is 5.54. The highest BCUT2D eigenvalue weighted by atomic mass is 32.2. The molecule has 72 valence electrons. The largest absolute Gasteiger partial charge is 0.467 e. The molecule has 0 spiro atoms. The zero-order valence-corrected chi connectivity index (χ0v) is 8.06. The number of carbonyl (C=O) groups is 1. The van der Waals surface area contributed by atoms with Gasteiger partial charge in [-0.15, -0.1) is 0 Å². The van der Waals surface area contributed by atoms with Gasteiger partial charge < -0.3 is 14.9 Å². The number of thioether (sulfide) groups is 1. The summed E-state index contributed by atoms with van der Waals surface area (Å²) in [7, 11) is 1.23. The van der Waals surface area contributed by atoms with Crippen molar-refractivity contribution >= 4 is 17.7 Å². The van der Waals surface area contributed by atoms with E-state index in [1.54, 1.807) is 0 Å². The van der Waals surface area contributed by atoms with Gasteiger partial charge in [0, 0.05) is 11.5 Å². The lowest BCUT2D eigenvalue weighted by atomic mass is 10.1. The maximum atomic E-state index is 10.9. The quantitative estimate of drug-likeness (QED) is 0.462. The van der Waals surface area contributed by atoms with Crippen molar-refractivity contribution in [3.05, 3.63) is 0 Å². The Balaban J connectivity index is 3.78. The van der Waals surface area contributed by atoms with Crippen LogP contribution in [0.3, 0.4) is 0 Å². The molecule has 0 amide bonds. The fourth-order valence-corrected chi connectivity index (χ4v) is 1.40. The van der Waals surface area contributed by atoms with Crippen molar-refractivity contribution < 1.29 is 19.7 Å². The summed E-state index contributed by atoms with van der Waals surface area (Å²) in [6.45, 7) is 1.44.